The Balaban J connectivity index is 1.48. The molecule has 8 rings (SSSR count). The monoisotopic (exact) mass is 741 g/mol. The van der Waals surface area contributed by atoms with Gasteiger partial charge in [-0.1, -0.05) is 169 Å². The van der Waals surface area contributed by atoms with Crippen LogP contribution in [0.1, 0.15) is 0 Å². The molecule has 3 heterocycles. The number of hydrogen-bond donors (Lipinski definition) is 0. The third-order valence-corrected chi connectivity index (χ3v) is 19.1. The maximum atomic E-state index is 7.02. The summed E-state index contributed by atoms with van der Waals surface area (Å²) in [6, 6.07) is 60.1. The van der Waals surface area contributed by atoms with Crippen molar-refractivity contribution in [2.75, 3.05) is 0 Å². The van der Waals surface area contributed by atoms with Crippen LogP contribution in [0.15, 0.2) is 200 Å². The average molecular weight is 742 g/mol. The van der Waals surface area contributed by atoms with Crippen LogP contribution < -0.4 is 31.8 Å². The molecule has 5 aromatic carbocycles. The Hall–Kier alpha value is -5.15. The summed E-state index contributed by atoms with van der Waals surface area (Å²) in [7, 11) is 0. The predicted molar refractivity (Wildman–Crippen MR) is 228 cm³/mol. The highest BCUT2D eigenvalue weighted by Crippen LogP contribution is 2.48. The van der Waals surface area contributed by atoms with E-state index in [-0.39, 0.29) is 0 Å². The van der Waals surface area contributed by atoms with Gasteiger partial charge in [-0.2, -0.15) is 0 Å². The van der Waals surface area contributed by atoms with Gasteiger partial charge in [-0.3, -0.25) is 9.97 Å². The second-order valence-electron chi connectivity index (χ2n) is 12.3. The Morgan fingerprint density at radius 2 is 0.750 bits per heavy atom. The van der Waals surface area contributed by atoms with Crippen LogP contribution in [0.4, 0.5) is 0 Å². The molecular weight excluding hydrogens is 709 g/mol. The third-order valence-electron chi connectivity index (χ3n) is 9.15. The molecule has 8 aromatic rings. The Bertz CT molecular complexity index is 2410. The van der Waals surface area contributed by atoms with E-state index in [0.29, 0.717) is 0 Å². The van der Waals surface area contributed by atoms with E-state index in [0.717, 1.165) is 65.7 Å². The van der Waals surface area contributed by atoms with Crippen molar-refractivity contribution >= 4 is 67.5 Å². The van der Waals surface area contributed by atoms with E-state index in [4.69, 9.17) is 38.6 Å². The molecule has 3 aromatic heterocycles. The number of aromatic nitrogens is 3. The number of rotatable bonds is 9. The van der Waals surface area contributed by atoms with Crippen molar-refractivity contribution in [2.24, 2.45) is 0 Å². The van der Waals surface area contributed by atoms with Crippen LogP contribution in [0.5, 0.6) is 0 Å². The van der Waals surface area contributed by atoms with Gasteiger partial charge in [0.25, 0.3) is 0 Å². The van der Waals surface area contributed by atoms with Crippen molar-refractivity contribution in [3.05, 3.63) is 200 Å². The number of nitrogens with zero attached hydrogens (tertiary/aromatic N) is 3. The van der Waals surface area contributed by atoms with Gasteiger partial charge >= 0.3 is 0 Å². The van der Waals surface area contributed by atoms with Crippen molar-refractivity contribution < 1.29 is 0 Å². The van der Waals surface area contributed by atoms with E-state index in [1.165, 1.54) is 0 Å². The molecule has 0 amide bonds. The van der Waals surface area contributed by atoms with E-state index in [9.17, 15) is 0 Å². The molecule has 0 N–H and O–H groups in total. The molecule has 0 spiro atoms. The zero-order valence-corrected chi connectivity index (χ0v) is 31.5. The van der Waals surface area contributed by atoms with Gasteiger partial charge < -0.3 is 0 Å². The van der Waals surface area contributed by atoms with Crippen LogP contribution >= 0.6 is 12.1 Å². The summed E-state index contributed by atoms with van der Waals surface area (Å²) in [5, 5.41) is 6.71. The molecule has 0 aliphatic carbocycles. The van der Waals surface area contributed by atoms with Crippen molar-refractivity contribution in [2.45, 2.75) is 0 Å². The first kappa shape index (κ1) is 34.0. The van der Waals surface area contributed by atoms with Crippen LogP contribution in [0.25, 0.3) is 33.9 Å². The summed E-state index contributed by atoms with van der Waals surface area (Å²) < 4.78 is 0. The molecule has 0 saturated heterocycles. The lowest BCUT2D eigenvalue weighted by Crippen LogP contribution is -2.29. The lowest BCUT2D eigenvalue weighted by molar-refractivity contribution is 1.22. The highest BCUT2D eigenvalue weighted by atomic mass is 32.4. The summed E-state index contributed by atoms with van der Waals surface area (Å²) in [6.07, 6.45) is 3.60. The molecule has 0 radical (unpaired) electrons. The summed E-state index contributed by atoms with van der Waals surface area (Å²) in [4.78, 5) is 14.5. The molecule has 250 valence electrons. The normalized spacial score (nSPS) is 11.6. The molecule has 0 unspecified atom stereocenters. The quantitative estimate of drug-likeness (QED) is 0.139. The van der Waals surface area contributed by atoms with Crippen molar-refractivity contribution in [3.8, 4) is 33.9 Å². The first-order chi connectivity index (χ1) is 25.5. The predicted octanol–water partition coefficient (Wildman–Crippen LogP) is 8.38. The summed E-state index contributed by atoms with van der Waals surface area (Å²) in [5.41, 5.74) is 5.09. The van der Waals surface area contributed by atoms with Crippen molar-refractivity contribution in [1.29, 1.82) is 0 Å². The molecular formula is C45H33N3P2S2. The number of pyridine rings is 3. The van der Waals surface area contributed by atoms with Gasteiger partial charge in [0.05, 0.1) is 22.8 Å². The topological polar surface area (TPSA) is 38.7 Å². The minimum Gasteiger partial charge on any atom is -0.255 e. The molecule has 0 atom stereocenters. The van der Waals surface area contributed by atoms with Crippen LogP contribution in [0.2, 0.25) is 0 Å². The minimum absolute atomic E-state index is 0.758. The number of benzene rings is 5. The van der Waals surface area contributed by atoms with Crippen molar-refractivity contribution in [3.63, 3.8) is 0 Å². The molecule has 3 nitrogen and oxygen atoms in total. The molecule has 7 heteroatoms. The van der Waals surface area contributed by atoms with Gasteiger partial charge in [0, 0.05) is 29.8 Å². The van der Waals surface area contributed by atoms with Gasteiger partial charge in [-0.15, -0.1) is 0 Å². The van der Waals surface area contributed by atoms with Crippen LogP contribution in [-0.4, -0.2) is 15.0 Å². The second kappa shape index (κ2) is 14.8. The molecule has 52 heavy (non-hydrogen) atoms. The zero-order chi connectivity index (χ0) is 35.4. The standard InChI is InChI=1S/C45H33N3P2S2/c51-49(35-17-5-1-6-18-35,36-19-7-2-8-20-36)39-27-28-45(50(52,37-21-9-3-10-22-37)38-23-11-4-12-24-38)40(33-39)34-31-43(41-25-13-15-29-46-41)48-44(32-34)42-26-14-16-30-47-42/h1-33H. The van der Waals surface area contributed by atoms with Gasteiger partial charge in [-0.05, 0) is 80.1 Å². The molecule has 0 aliphatic heterocycles. The van der Waals surface area contributed by atoms with Crippen LogP contribution in [0.3, 0.4) is 0 Å². The fraction of sp³-hybridized carbons (Fsp3) is 0. The maximum absolute atomic E-state index is 7.02. The smallest absolute Gasteiger partial charge is 0.0900 e. The second-order valence-corrected chi connectivity index (χ2v) is 21.1. The Morgan fingerprint density at radius 1 is 0.346 bits per heavy atom. The van der Waals surface area contributed by atoms with E-state index in [2.05, 4.69) is 140 Å². The third kappa shape index (κ3) is 6.43. The van der Waals surface area contributed by atoms with E-state index in [1.54, 1.807) is 12.4 Å². The molecule has 0 bridgehead atoms. The molecule has 0 fully saturated rings. The van der Waals surface area contributed by atoms with Gasteiger partial charge in [0.15, 0.2) is 0 Å². The van der Waals surface area contributed by atoms with E-state index >= 15 is 0 Å². The highest BCUT2D eigenvalue weighted by Gasteiger charge is 2.31. The Labute approximate surface area is 315 Å². The summed E-state index contributed by atoms with van der Waals surface area (Å²) >= 11 is 13.9. The molecule has 0 saturated carbocycles. The maximum Gasteiger partial charge on any atom is 0.0900 e. The van der Waals surface area contributed by atoms with E-state index in [1.807, 2.05) is 48.5 Å². The van der Waals surface area contributed by atoms with Crippen LogP contribution in [-0.2, 0) is 23.6 Å². The highest BCUT2D eigenvalue weighted by molar-refractivity contribution is 8.26. The lowest BCUT2D eigenvalue weighted by atomic mass is 10.0. The first-order valence-corrected chi connectivity index (χ1v) is 22.6. The number of hydrogen-bond acceptors (Lipinski definition) is 5. The van der Waals surface area contributed by atoms with Crippen LogP contribution in [0, 0.1) is 0 Å². The van der Waals surface area contributed by atoms with E-state index < -0.39 is 12.1 Å². The largest absolute Gasteiger partial charge is 0.255 e. The fourth-order valence-electron chi connectivity index (χ4n) is 6.63. The average Bonchev–Trinajstić information content (AvgIpc) is 3.24. The fourth-order valence-corrected chi connectivity index (χ4v) is 14.4. The SMILES string of the molecule is S=P(c1ccccc1)(c1ccccc1)c1ccc(P(=S)(c2ccccc2)c2ccccc2)c(-c2cc(-c3ccccn3)nc(-c3ccccn3)c2)c1. The summed E-state index contributed by atoms with van der Waals surface area (Å²) in [5.74, 6) is 0. The first-order valence-electron chi connectivity index (χ1n) is 17.0. The zero-order valence-electron chi connectivity index (χ0n) is 28.1. The Morgan fingerprint density at radius 3 is 1.15 bits per heavy atom. The van der Waals surface area contributed by atoms with Gasteiger partial charge in [0.1, 0.15) is 0 Å². The Kier molecular flexibility index (Phi) is 9.69. The minimum atomic E-state index is -2.61. The van der Waals surface area contributed by atoms with Gasteiger partial charge in [-0.25, -0.2) is 4.98 Å². The summed E-state index contributed by atoms with van der Waals surface area (Å²) in [6.45, 7) is 0. The molecule has 0 aliphatic rings. The van der Waals surface area contributed by atoms with Gasteiger partial charge in [0.2, 0.25) is 0 Å². The lowest BCUT2D eigenvalue weighted by Gasteiger charge is -2.30. The van der Waals surface area contributed by atoms with Crippen molar-refractivity contribution in [1.82, 2.24) is 15.0 Å².